The molecule has 0 saturated heterocycles. The molecule has 1 aromatic rings. The Bertz CT molecular complexity index is 549. The van der Waals surface area contributed by atoms with Crippen molar-refractivity contribution in [2.45, 2.75) is 45.8 Å². The average molecular weight is 311 g/mol. The Morgan fingerprint density at radius 1 is 1.32 bits per heavy atom. The summed E-state index contributed by atoms with van der Waals surface area (Å²) in [6.07, 6.45) is -0.439. The smallest absolute Gasteiger partial charge is 0.342 e. The lowest BCUT2D eigenvalue weighted by Crippen LogP contribution is -2.32. The summed E-state index contributed by atoms with van der Waals surface area (Å²) < 4.78 is 10.2. The maximum atomic E-state index is 12.3. The Labute approximate surface area is 128 Å². The molecule has 7 nitrogen and oxygen atoms in total. The fourth-order valence-electron chi connectivity index (χ4n) is 2.05. The fourth-order valence-corrected chi connectivity index (χ4v) is 2.05. The van der Waals surface area contributed by atoms with Gasteiger partial charge in [-0.1, -0.05) is 6.07 Å². The highest BCUT2D eigenvalue weighted by molar-refractivity contribution is 5.94. The highest BCUT2D eigenvalue weighted by Crippen LogP contribution is 2.33. The van der Waals surface area contributed by atoms with Gasteiger partial charge in [0.2, 0.25) is 5.75 Å². The molecule has 0 spiro atoms. The van der Waals surface area contributed by atoms with Crippen LogP contribution < -0.4 is 9.62 Å². The van der Waals surface area contributed by atoms with Crippen LogP contribution >= 0.6 is 0 Å². The number of ether oxygens (including phenoxy) is 2. The van der Waals surface area contributed by atoms with Gasteiger partial charge in [-0.3, -0.25) is 4.79 Å². The summed E-state index contributed by atoms with van der Waals surface area (Å²) in [5.74, 6) is -2.08. The van der Waals surface area contributed by atoms with Gasteiger partial charge in [0, 0.05) is 18.6 Å². The van der Waals surface area contributed by atoms with Gasteiger partial charge in [-0.25, -0.2) is 4.79 Å². The quantitative estimate of drug-likeness (QED) is 0.373. The molecule has 0 amide bonds. The fraction of sp³-hybridized carbons (Fsp3) is 0.467. The average Bonchev–Trinajstić information content (AvgIpc) is 2.35. The van der Waals surface area contributed by atoms with Crippen LogP contribution in [0.25, 0.3) is 0 Å². The predicted octanol–water partition coefficient (Wildman–Crippen LogP) is 2.04. The van der Waals surface area contributed by atoms with Gasteiger partial charge in [-0.2, -0.15) is 0 Å². The van der Waals surface area contributed by atoms with Crippen LogP contribution in [0.15, 0.2) is 18.2 Å². The summed E-state index contributed by atoms with van der Waals surface area (Å²) in [5.41, 5.74) is -1.05. The van der Waals surface area contributed by atoms with E-state index >= 15 is 0 Å². The van der Waals surface area contributed by atoms with E-state index < -0.39 is 23.6 Å². The number of carbonyl (C=O) groups is 2. The van der Waals surface area contributed by atoms with Gasteiger partial charge in [0.1, 0.15) is 11.2 Å². The summed E-state index contributed by atoms with van der Waals surface area (Å²) in [7, 11) is 0. The standard InChI is InChI=1S/C15H19O7/c1-9(16)8-15(3,4)21-14(18)11-6-5-7-12(22-19)13(11)20-10(2)17/h5-7,9,16H,8H2,1-4H3. The SMILES string of the molecule is CC(=O)Oc1c(O[O])cccc1C(=O)OC(C)(C)CC(C)O. The maximum Gasteiger partial charge on any atom is 0.342 e. The van der Waals surface area contributed by atoms with Crippen LogP contribution in [0.2, 0.25) is 0 Å². The van der Waals surface area contributed by atoms with E-state index in [9.17, 15) is 20.0 Å². The van der Waals surface area contributed by atoms with Crippen molar-refractivity contribution in [3.8, 4) is 11.5 Å². The zero-order chi connectivity index (χ0) is 16.9. The third kappa shape index (κ3) is 5.01. The minimum atomic E-state index is -0.937. The van der Waals surface area contributed by atoms with E-state index in [-0.39, 0.29) is 23.5 Å². The highest BCUT2D eigenvalue weighted by Gasteiger charge is 2.28. The second-order valence-corrected chi connectivity index (χ2v) is 5.51. The van der Waals surface area contributed by atoms with E-state index in [0.717, 1.165) is 6.92 Å². The van der Waals surface area contributed by atoms with Crippen LogP contribution in [-0.2, 0) is 14.8 Å². The number of hydrogen-bond acceptors (Lipinski definition) is 6. The number of para-hydroxylation sites is 1. The first-order chi connectivity index (χ1) is 10.2. The third-order valence-electron chi connectivity index (χ3n) is 2.69. The lowest BCUT2D eigenvalue weighted by Gasteiger charge is -2.26. The van der Waals surface area contributed by atoms with E-state index in [1.807, 2.05) is 0 Å². The third-order valence-corrected chi connectivity index (χ3v) is 2.69. The van der Waals surface area contributed by atoms with Crippen molar-refractivity contribution >= 4 is 11.9 Å². The molecule has 1 N–H and O–H groups in total. The molecule has 0 aliphatic carbocycles. The molecule has 1 unspecified atom stereocenters. The van der Waals surface area contributed by atoms with Crippen LogP contribution in [0.4, 0.5) is 0 Å². The molecule has 0 fully saturated rings. The summed E-state index contributed by atoms with van der Waals surface area (Å²) >= 11 is 0. The molecule has 0 heterocycles. The van der Waals surface area contributed by atoms with Crippen molar-refractivity contribution < 1.29 is 34.3 Å². The largest absolute Gasteiger partial charge is 0.456 e. The summed E-state index contributed by atoms with van der Waals surface area (Å²) in [5, 5.41) is 20.1. The summed E-state index contributed by atoms with van der Waals surface area (Å²) in [4.78, 5) is 27.2. The summed E-state index contributed by atoms with van der Waals surface area (Å²) in [6, 6.07) is 4.02. The molecule has 7 heteroatoms. The molecule has 0 saturated carbocycles. The van der Waals surface area contributed by atoms with Gasteiger partial charge in [0.05, 0.1) is 6.10 Å². The number of aliphatic hydroxyl groups is 1. The van der Waals surface area contributed by atoms with Gasteiger partial charge in [0.15, 0.2) is 5.75 Å². The van der Waals surface area contributed by atoms with E-state index in [0.29, 0.717) is 0 Å². The Hall–Kier alpha value is -2.12. The molecule has 0 aliphatic rings. The zero-order valence-electron chi connectivity index (χ0n) is 12.9. The van der Waals surface area contributed by atoms with Crippen LogP contribution in [-0.4, -0.2) is 28.8 Å². The lowest BCUT2D eigenvalue weighted by molar-refractivity contribution is -0.209. The molecule has 1 aromatic carbocycles. The number of rotatable bonds is 6. The minimum absolute atomic E-state index is 0.109. The Morgan fingerprint density at radius 3 is 2.45 bits per heavy atom. The molecular weight excluding hydrogens is 292 g/mol. The molecule has 1 atom stereocenters. The van der Waals surface area contributed by atoms with Crippen molar-refractivity contribution in [2.75, 3.05) is 0 Å². The Morgan fingerprint density at radius 2 is 1.95 bits per heavy atom. The van der Waals surface area contributed by atoms with Crippen LogP contribution in [0.1, 0.15) is 44.5 Å². The minimum Gasteiger partial charge on any atom is -0.456 e. The maximum absolute atomic E-state index is 12.3. The first-order valence-corrected chi connectivity index (χ1v) is 6.69. The van der Waals surface area contributed by atoms with Crippen molar-refractivity contribution in [3.63, 3.8) is 0 Å². The number of aliphatic hydroxyl groups excluding tert-OH is 1. The first-order valence-electron chi connectivity index (χ1n) is 6.69. The van der Waals surface area contributed by atoms with Gasteiger partial charge in [0.25, 0.3) is 0 Å². The number of esters is 2. The highest BCUT2D eigenvalue weighted by atomic mass is 17.1. The van der Waals surface area contributed by atoms with Crippen LogP contribution in [0.5, 0.6) is 11.5 Å². The topological polar surface area (TPSA) is 102 Å². The van der Waals surface area contributed by atoms with Crippen molar-refractivity contribution in [3.05, 3.63) is 23.8 Å². The summed E-state index contributed by atoms with van der Waals surface area (Å²) in [6.45, 7) is 5.98. The Balaban J connectivity index is 3.09. The van der Waals surface area contributed by atoms with Gasteiger partial charge in [-0.15, -0.1) is 0 Å². The van der Waals surface area contributed by atoms with Gasteiger partial charge < -0.3 is 19.5 Å². The van der Waals surface area contributed by atoms with Crippen LogP contribution in [0, 0.1) is 0 Å². The molecule has 0 aromatic heterocycles. The van der Waals surface area contributed by atoms with E-state index in [4.69, 9.17) is 9.47 Å². The van der Waals surface area contributed by atoms with Crippen molar-refractivity contribution in [2.24, 2.45) is 0 Å². The predicted molar refractivity (Wildman–Crippen MR) is 74.9 cm³/mol. The molecule has 121 valence electrons. The lowest BCUT2D eigenvalue weighted by atomic mass is 10.0. The molecule has 1 radical (unpaired) electrons. The first kappa shape index (κ1) is 17.9. The second-order valence-electron chi connectivity index (χ2n) is 5.51. The van der Waals surface area contributed by atoms with Crippen molar-refractivity contribution in [1.82, 2.24) is 0 Å². The molecule has 1 rings (SSSR count). The molecule has 0 aliphatic heterocycles. The molecule has 22 heavy (non-hydrogen) atoms. The van der Waals surface area contributed by atoms with E-state index in [1.165, 1.54) is 18.2 Å². The number of carbonyl (C=O) groups excluding carboxylic acids is 2. The second kappa shape index (κ2) is 7.24. The van der Waals surface area contributed by atoms with Gasteiger partial charge in [-0.05, 0) is 32.9 Å². The van der Waals surface area contributed by atoms with Crippen LogP contribution in [0.3, 0.4) is 0 Å². The number of benzene rings is 1. The number of hydrogen-bond donors (Lipinski definition) is 1. The molecular formula is C15H19O7. The normalized spacial score (nSPS) is 12.5. The van der Waals surface area contributed by atoms with E-state index in [2.05, 4.69) is 4.89 Å². The molecule has 0 bridgehead atoms. The Kier molecular flexibility index (Phi) is 5.90. The van der Waals surface area contributed by atoms with Gasteiger partial charge >= 0.3 is 11.9 Å². The zero-order valence-corrected chi connectivity index (χ0v) is 12.9. The van der Waals surface area contributed by atoms with Crippen molar-refractivity contribution in [1.29, 1.82) is 0 Å². The monoisotopic (exact) mass is 311 g/mol. The van der Waals surface area contributed by atoms with E-state index in [1.54, 1.807) is 20.8 Å².